The number of carbonyl (C=O) groups is 4. The first-order valence-electron chi connectivity index (χ1n) is 29.1. The van der Waals surface area contributed by atoms with Crippen LogP contribution in [0.25, 0.3) is 21.8 Å². The second-order valence-corrected chi connectivity index (χ2v) is 28.6. The molecule has 2 aromatic heterocycles. The SMILES string of the molecule is C[Si](C)(C)CCOc1c2c(c(OC(c3ccccc3)c3ccccc3)c3ncccc13)C(=O)N(Cc1ccc(F)cc1)C2.O=C1c2c(c(OC(=O)N3CCNC3=O)c3cccnc3c2OC(c2ccccc2)c2ccccc2)CN1Cc1ccc(F)cc1. The summed E-state index contributed by atoms with van der Waals surface area (Å²) in [6.45, 7) is 8.95. The van der Waals surface area contributed by atoms with E-state index in [1.165, 1.54) is 24.3 Å². The van der Waals surface area contributed by atoms with Gasteiger partial charge in [0.25, 0.3) is 11.8 Å². The summed E-state index contributed by atoms with van der Waals surface area (Å²) in [5, 5.41) is 3.87. The highest BCUT2D eigenvalue weighted by Gasteiger charge is 2.41. The van der Waals surface area contributed by atoms with Gasteiger partial charge in [-0.05, 0) is 88.0 Å². The molecule has 0 bridgehead atoms. The highest BCUT2D eigenvalue weighted by molar-refractivity contribution is 6.76. The fourth-order valence-corrected chi connectivity index (χ4v) is 12.0. The van der Waals surface area contributed by atoms with E-state index in [1.54, 1.807) is 58.6 Å². The van der Waals surface area contributed by atoms with Crippen LogP contribution in [0.4, 0.5) is 18.4 Å². The third kappa shape index (κ3) is 12.4. The molecule has 0 aliphatic carbocycles. The molecule has 0 spiro atoms. The smallest absolute Gasteiger partial charge is 0.423 e. The van der Waals surface area contributed by atoms with Crippen LogP contribution in [0.1, 0.15) is 77.4 Å². The lowest BCUT2D eigenvalue weighted by Gasteiger charge is -2.24. The van der Waals surface area contributed by atoms with E-state index in [0.717, 1.165) is 55.3 Å². The van der Waals surface area contributed by atoms with E-state index in [1.807, 2.05) is 133 Å². The molecule has 0 radical (unpaired) electrons. The number of rotatable bonds is 17. The molecule has 8 aromatic carbocycles. The van der Waals surface area contributed by atoms with Crippen LogP contribution in [-0.2, 0) is 26.2 Å². The zero-order chi connectivity index (χ0) is 60.9. The molecule has 0 saturated carbocycles. The van der Waals surface area contributed by atoms with Crippen LogP contribution in [-0.4, -0.2) is 76.4 Å². The number of carbonyl (C=O) groups excluding carboxylic acids is 4. The highest BCUT2D eigenvalue weighted by atomic mass is 28.3. The van der Waals surface area contributed by atoms with E-state index in [2.05, 4.69) is 29.9 Å². The maximum Gasteiger partial charge on any atom is 0.423 e. The van der Waals surface area contributed by atoms with Crippen molar-refractivity contribution in [2.24, 2.45) is 0 Å². The van der Waals surface area contributed by atoms with Crippen LogP contribution < -0.4 is 24.3 Å². The minimum absolute atomic E-state index is 0.0862. The van der Waals surface area contributed by atoms with Crippen molar-refractivity contribution in [3.63, 3.8) is 0 Å². The summed E-state index contributed by atoms with van der Waals surface area (Å²) in [5.41, 5.74) is 8.10. The van der Waals surface area contributed by atoms with Gasteiger partial charge in [-0.3, -0.25) is 19.6 Å². The Bertz CT molecular complexity index is 4120. The fraction of sp³-hybridized carbons (Fsp3) is 0.183. The zero-order valence-corrected chi connectivity index (χ0v) is 49.7. The molecule has 1 N–H and O–H groups in total. The quantitative estimate of drug-likeness (QED) is 0.0872. The summed E-state index contributed by atoms with van der Waals surface area (Å²) in [6, 6.07) is 59.3. The number of amides is 5. The first-order chi connectivity index (χ1) is 42.8. The second kappa shape index (κ2) is 25.4. The van der Waals surface area contributed by atoms with Crippen LogP contribution in [0, 0.1) is 11.6 Å². The Morgan fingerprint density at radius 3 is 1.34 bits per heavy atom. The molecule has 0 atom stereocenters. The van der Waals surface area contributed by atoms with Gasteiger partial charge < -0.3 is 34.1 Å². The molecule has 1 saturated heterocycles. The summed E-state index contributed by atoms with van der Waals surface area (Å²) < 4.78 is 53.5. The maximum absolute atomic E-state index is 14.3. The number of hydrogen-bond acceptors (Lipinski definition) is 10. The van der Waals surface area contributed by atoms with Crippen molar-refractivity contribution in [2.45, 2.75) is 64.1 Å². The number of aromatic nitrogens is 2. The van der Waals surface area contributed by atoms with Gasteiger partial charge in [0.2, 0.25) is 0 Å². The molecule has 442 valence electrons. The lowest BCUT2D eigenvalue weighted by atomic mass is 9.99. The number of pyridine rings is 2. The Labute approximate surface area is 508 Å². The fourth-order valence-electron chi connectivity index (χ4n) is 11.2. The molecule has 3 aliphatic heterocycles. The number of halogens is 2. The third-order valence-corrected chi connectivity index (χ3v) is 17.4. The highest BCUT2D eigenvalue weighted by Crippen LogP contribution is 2.49. The van der Waals surface area contributed by atoms with Gasteiger partial charge >= 0.3 is 12.1 Å². The van der Waals surface area contributed by atoms with Crippen molar-refractivity contribution < 1.29 is 46.9 Å². The lowest BCUT2D eigenvalue weighted by Crippen LogP contribution is -2.36. The lowest BCUT2D eigenvalue weighted by molar-refractivity contribution is 0.0754. The first-order valence-corrected chi connectivity index (χ1v) is 32.8. The molecule has 14 nitrogen and oxygen atoms in total. The molecule has 5 heterocycles. The Balaban J connectivity index is 0.000000172. The average Bonchev–Trinajstić information content (AvgIpc) is 1.64. The van der Waals surface area contributed by atoms with Crippen molar-refractivity contribution in [1.29, 1.82) is 0 Å². The molecule has 13 rings (SSSR count). The summed E-state index contributed by atoms with van der Waals surface area (Å²) in [5.74, 6) is 0.334. The molecule has 5 amide bonds. The van der Waals surface area contributed by atoms with Crippen molar-refractivity contribution in [3.8, 4) is 23.0 Å². The van der Waals surface area contributed by atoms with Crippen molar-refractivity contribution in [2.75, 3.05) is 19.7 Å². The monoisotopic (exact) mass is 1190 g/mol. The van der Waals surface area contributed by atoms with E-state index in [0.29, 0.717) is 65.3 Å². The largest absolute Gasteiger partial charge is 0.493 e. The Hall–Kier alpha value is -10.3. The number of ether oxygens (including phenoxy) is 4. The van der Waals surface area contributed by atoms with Crippen LogP contribution >= 0.6 is 0 Å². The Kier molecular flexibility index (Phi) is 16.8. The van der Waals surface area contributed by atoms with E-state index in [4.69, 9.17) is 23.9 Å². The Morgan fingerprint density at radius 2 is 0.943 bits per heavy atom. The van der Waals surface area contributed by atoms with Gasteiger partial charge in [-0.15, -0.1) is 0 Å². The number of benzene rings is 8. The number of hydrogen-bond donors (Lipinski definition) is 1. The molecule has 10 aromatic rings. The molecule has 1 fully saturated rings. The van der Waals surface area contributed by atoms with Gasteiger partial charge in [0, 0.05) is 62.0 Å². The van der Waals surface area contributed by atoms with Crippen LogP contribution in [0.2, 0.25) is 25.7 Å². The predicted molar refractivity (Wildman–Crippen MR) is 334 cm³/mol. The van der Waals surface area contributed by atoms with Gasteiger partial charge in [0.15, 0.2) is 11.5 Å². The van der Waals surface area contributed by atoms with Gasteiger partial charge in [-0.1, -0.05) is 165 Å². The predicted octanol–water partition coefficient (Wildman–Crippen LogP) is 14.6. The standard InChI is InChI=1S/C36H35FN2O3Si.C35H27FN4O5/c1-43(2,3)22-21-41-34-29-15-10-20-38-32(29)35(42-33(26-11-6-4-7-12-26)27-13-8-5-9-14-27)31-30(34)24-39(36(31)40)23-25-16-18-28(37)19-17-25;36-25-15-13-22(14-16-25)20-39-21-27-28(33(39)41)32(44-30(23-8-3-1-4-9-23)24-10-5-2-6-11-24)29-26(12-7-17-37-29)31(27)45-35(43)40-19-18-38-34(40)42/h4-20,33H,21-24H2,1-3H3;1-17,30H,18-21H2,(H,38,42). The summed E-state index contributed by atoms with van der Waals surface area (Å²) in [6.07, 6.45) is 1.39. The third-order valence-electron chi connectivity index (χ3n) is 15.7. The van der Waals surface area contributed by atoms with Crippen LogP contribution in [0.15, 0.2) is 207 Å². The summed E-state index contributed by atoms with van der Waals surface area (Å²) in [7, 11) is -1.37. The molecular weight excluding hydrogens is 1130 g/mol. The average molecular weight is 1190 g/mol. The number of imide groups is 1. The number of nitrogens with zero attached hydrogens (tertiary/aromatic N) is 5. The van der Waals surface area contributed by atoms with Gasteiger partial charge in [-0.25, -0.2) is 23.3 Å². The Morgan fingerprint density at radius 1 is 0.534 bits per heavy atom. The van der Waals surface area contributed by atoms with Gasteiger partial charge in [-0.2, -0.15) is 0 Å². The second-order valence-electron chi connectivity index (χ2n) is 22.9. The van der Waals surface area contributed by atoms with E-state index in [-0.39, 0.29) is 60.1 Å². The maximum atomic E-state index is 14.3. The topological polar surface area (TPSA) is 153 Å². The van der Waals surface area contributed by atoms with Crippen molar-refractivity contribution >= 4 is 53.8 Å². The number of nitrogens with one attached hydrogen (secondary N) is 1. The van der Waals surface area contributed by atoms with Gasteiger partial charge in [0.1, 0.15) is 46.4 Å². The van der Waals surface area contributed by atoms with E-state index < -0.39 is 32.4 Å². The minimum atomic E-state index is -1.37. The summed E-state index contributed by atoms with van der Waals surface area (Å²) in [4.78, 5) is 67.8. The van der Waals surface area contributed by atoms with Crippen LogP contribution in [0.3, 0.4) is 0 Å². The minimum Gasteiger partial charge on any atom is -0.493 e. The molecule has 3 aliphatic rings. The normalized spacial score (nSPS) is 13.6. The van der Waals surface area contributed by atoms with E-state index in [9.17, 15) is 28.0 Å². The van der Waals surface area contributed by atoms with Crippen molar-refractivity contribution in [1.82, 2.24) is 30.0 Å². The van der Waals surface area contributed by atoms with Crippen LogP contribution in [0.5, 0.6) is 23.0 Å². The first kappa shape index (κ1) is 58.1. The summed E-state index contributed by atoms with van der Waals surface area (Å²) >= 11 is 0. The number of fused-ring (bicyclic) bond motifs is 4. The van der Waals surface area contributed by atoms with Gasteiger partial charge in [0.05, 0.1) is 37.4 Å². The molecule has 17 heteroatoms. The molecule has 88 heavy (non-hydrogen) atoms. The van der Waals surface area contributed by atoms with E-state index >= 15 is 0 Å². The molecular formula is C71H62F2N6O8Si. The number of urea groups is 1. The molecule has 0 unspecified atom stereocenters. The van der Waals surface area contributed by atoms with Crippen molar-refractivity contribution in [3.05, 3.63) is 274 Å². The zero-order valence-electron chi connectivity index (χ0n) is 48.7.